The summed E-state index contributed by atoms with van der Waals surface area (Å²) in [6.07, 6.45) is 1.69. The van der Waals surface area contributed by atoms with Crippen LogP contribution in [-0.2, 0) is 0 Å². The minimum Gasteiger partial charge on any atom is -0.495 e. The zero-order valence-corrected chi connectivity index (χ0v) is 16.9. The predicted octanol–water partition coefficient (Wildman–Crippen LogP) is 4.29. The van der Waals surface area contributed by atoms with Crippen molar-refractivity contribution >= 4 is 34.7 Å². The molecule has 1 N–H and O–H groups in total. The second-order valence-electron chi connectivity index (χ2n) is 6.86. The van der Waals surface area contributed by atoms with Crippen LogP contribution < -0.4 is 19.9 Å². The SMILES string of the molecule is CCN1C(=O)c2ccccc2N(C)c2nc(Nc3ccc(C)cc3OC)ncc21. The van der Waals surface area contributed by atoms with E-state index in [1.807, 2.05) is 68.3 Å². The van der Waals surface area contributed by atoms with Crippen LogP contribution in [-0.4, -0.2) is 36.6 Å². The zero-order valence-electron chi connectivity index (χ0n) is 16.9. The van der Waals surface area contributed by atoms with Gasteiger partial charge in [0.25, 0.3) is 5.91 Å². The van der Waals surface area contributed by atoms with Gasteiger partial charge >= 0.3 is 0 Å². The number of carbonyl (C=O) groups is 1. The van der Waals surface area contributed by atoms with Crippen LogP contribution >= 0.6 is 0 Å². The number of methoxy groups -OCH3 is 1. The lowest BCUT2D eigenvalue weighted by Crippen LogP contribution is -2.30. The molecule has 0 bridgehead atoms. The van der Waals surface area contributed by atoms with Crippen molar-refractivity contribution in [3.05, 3.63) is 59.8 Å². The van der Waals surface area contributed by atoms with Gasteiger partial charge < -0.3 is 19.9 Å². The molecule has 2 heterocycles. The lowest BCUT2D eigenvalue weighted by Gasteiger charge is -2.22. The van der Waals surface area contributed by atoms with Gasteiger partial charge in [-0.05, 0) is 43.7 Å². The van der Waals surface area contributed by atoms with Crippen molar-refractivity contribution in [2.45, 2.75) is 13.8 Å². The van der Waals surface area contributed by atoms with E-state index in [1.165, 1.54) is 0 Å². The van der Waals surface area contributed by atoms with E-state index in [-0.39, 0.29) is 5.91 Å². The van der Waals surface area contributed by atoms with Gasteiger partial charge in [0, 0.05) is 13.6 Å². The molecule has 7 heteroatoms. The number of benzene rings is 2. The first-order valence-electron chi connectivity index (χ1n) is 9.46. The maximum Gasteiger partial charge on any atom is 0.260 e. The normalized spacial score (nSPS) is 12.9. The molecule has 29 heavy (non-hydrogen) atoms. The van der Waals surface area contributed by atoms with Gasteiger partial charge in [0.1, 0.15) is 11.4 Å². The van der Waals surface area contributed by atoms with Crippen LogP contribution in [0.3, 0.4) is 0 Å². The smallest absolute Gasteiger partial charge is 0.260 e. The van der Waals surface area contributed by atoms with Crippen LogP contribution in [0.25, 0.3) is 0 Å². The van der Waals surface area contributed by atoms with Gasteiger partial charge in [-0.25, -0.2) is 4.98 Å². The molecule has 0 spiro atoms. The van der Waals surface area contributed by atoms with Crippen LogP contribution in [0, 0.1) is 6.92 Å². The molecule has 148 valence electrons. The van der Waals surface area contributed by atoms with E-state index in [1.54, 1.807) is 18.2 Å². The molecule has 0 saturated heterocycles. The van der Waals surface area contributed by atoms with Crippen molar-refractivity contribution in [3.8, 4) is 5.75 Å². The Morgan fingerprint density at radius 3 is 2.69 bits per heavy atom. The lowest BCUT2D eigenvalue weighted by molar-refractivity contribution is 0.0989. The van der Waals surface area contributed by atoms with E-state index in [9.17, 15) is 4.79 Å². The summed E-state index contributed by atoms with van der Waals surface area (Å²) >= 11 is 0. The van der Waals surface area contributed by atoms with Crippen molar-refractivity contribution in [2.75, 3.05) is 35.8 Å². The molecule has 2 aromatic carbocycles. The van der Waals surface area contributed by atoms with Crippen LogP contribution in [0.1, 0.15) is 22.8 Å². The number of aromatic nitrogens is 2. The molecule has 7 nitrogen and oxygen atoms in total. The number of anilines is 5. The second kappa shape index (κ2) is 7.43. The first-order valence-corrected chi connectivity index (χ1v) is 9.46. The summed E-state index contributed by atoms with van der Waals surface area (Å²) in [4.78, 5) is 25.9. The highest BCUT2D eigenvalue weighted by molar-refractivity contribution is 6.13. The summed E-state index contributed by atoms with van der Waals surface area (Å²) in [5, 5.41) is 3.23. The van der Waals surface area contributed by atoms with Gasteiger partial charge in [-0.3, -0.25) is 4.79 Å². The van der Waals surface area contributed by atoms with Crippen molar-refractivity contribution in [1.82, 2.24) is 9.97 Å². The maximum absolute atomic E-state index is 13.1. The molecule has 0 radical (unpaired) electrons. The number of carbonyl (C=O) groups excluding carboxylic acids is 1. The largest absolute Gasteiger partial charge is 0.495 e. The number of ether oxygens (including phenoxy) is 1. The van der Waals surface area contributed by atoms with Gasteiger partial charge in [-0.15, -0.1) is 0 Å². The van der Waals surface area contributed by atoms with Gasteiger partial charge in [0.05, 0.1) is 30.2 Å². The van der Waals surface area contributed by atoms with E-state index in [0.717, 1.165) is 16.9 Å². The number of aryl methyl sites for hydroxylation is 1. The van der Waals surface area contributed by atoms with Crippen molar-refractivity contribution in [3.63, 3.8) is 0 Å². The summed E-state index contributed by atoms with van der Waals surface area (Å²) in [7, 11) is 3.54. The minimum atomic E-state index is -0.0572. The second-order valence-corrected chi connectivity index (χ2v) is 6.86. The molecule has 3 aromatic rings. The number of nitrogens with one attached hydrogen (secondary N) is 1. The molecule has 0 unspecified atom stereocenters. The average molecular weight is 389 g/mol. The molecule has 0 atom stereocenters. The van der Waals surface area contributed by atoms with Gasteiger partial charge in [-0.2, -0.15) is 4.98 Å². The molecule has 0 aliphatic carbocycles. The maximum atomic E-state index is 13.1. The number of fused-ring (bicyclic) bond motifs is 2. The average Bonchev–Trinajstić information content (AvgIpc) is 2.83. The minimum absolute atomic E-state index is 0.0572. The van der Waals surface area contributed by atoms with Crippen molar-refractivity contribution < 1.29 is 9.53 Å². The van der Waals surface area contributed by atoms with Crippen molar-refractivity contribution in [2.24, 2.45) is 0 Å². The monoisotopic (exact) mass is 389 g/mol. The standard InChI is InChI=1S/C22H23N5O2/c1-5-27-18-13-23-22(24-16-11-10-14(2)12-19(16)29-4)25-20(18)26(3)17-9-7-6-8-15(17)21(27)28/h6-13H,5H2,1-4H3,(H,23,24,25). The third-order valence-corrected chi connectivity index (χ3v) is 5.02. The molecule has 1 aliphatic heterocycles. The Labute approximate surface area is 170 Å². The quantitative estimate of drug-likeness (QED) is 0.718. The number of hydrogen-bond acceptors (Lipinski definition) is 6. The van der Waals surface area contributed by atoms with E-state index in [4.69, 9.17) is 9.72 Å². The molecule has 0 saturated carbocycles. The number of amides is 1. The fraction of sp³-hybridized carbons (Fsp3) is 0.227. The lowest BCUT2D eigenvalue weighted by atomic mass is 10.1. The number of nitrogens with zero attached hydrogens (tertiary/aromatic N) is 4. The zero-order chi connectivity index (χ0) is 20.5. The van der Waals surface area contributed by atoms with Crippen LogP contribution in [0.4, 0.5) is 28.8 Å². The van der Waals surface area contributed by atoms with E-state index in [0.29, 0.717) is 35.3 Å². The van der Waals surface area contributed by atoms with Gasteiger partial charge in [0.2, 0.25) is 5.95 Å². The number of hydrogen-bond donors (Lipinski definition) is 1. The van der Waals surface area contributed by atoms with E-state index >= 15 is 0 Å². The Bertz CT molecular complexity index is 1080. The summed E-state index contributed by atoms with van der Waals surface area (Å²) in [6, 6.07) is 13.4. The highest BCUT2D eigenvalue weighted by Crippen LogP contribution is 2.39. The van der Waals surface area contributed by atoms with Crippen molar-refractivity contribution in [1.29, 1.82) is 0 Å². The number of para-hydroxylation sites is 1. The first kappa shape index (κ1) is 18.7. The van der Waals surface area contributed by atoms with Crippen LogP contribution in [0.2, 0.25) is 0 Å². The Morgan fingerprint density at radius 2 is 1.93 bits per heavy atom. The molecule has 1 aliphatic rings. The Balaban J connectivity index is 1.80. The summed E-state index contributed by atoms with van der Waals surface area (Å²) < 4.78 is 5.47. The summed E-state index contributed by atoms with van der Waals surface area (Å²) in [5.41, 5.74) is 4.01. The molecule has 1 amide bonds. The highest BCUT2D eigenvalue weighted by atomic mass is 16.5. The Morgan fingerprint density at radius 1 is 1.14 bits per heavy atom. The summed E-state index contributed by atoms with van der Waals surface area (Å²) in [5.74, 6) is 1.75. The molecular formula is C22H23N5O2. The highest BCUT2D eigenvalue weighted by Gasteiger charge is 2.30. The Hall–Kier alpha value is -3.61. The van der Waals surface area contributed by atoms with Gasteiger partial charge in [-0.1, -0.05) is 18.2 Å². The summed E-state index contributed by atoms with van der Waals surface area (Å²) in [6.45, 7) is 4.48. The Kier molecular flexibility index (Phi) is 4.80. The topological polar surface area (TPSA) is 70.6 Å². The molecule has 4 rings (SSSR count). The van der Waals surface area contributed by atoms with E-state index in [2.05, 4.69) is 10.3 Å². The predicted molar refractivity (Wildman–Crippen MR) is 115 cm³/mol. The van der Waals surface area contributed by atoms with Crippen LogP contribution in [0.15, 0.2) is 48.7 Å². The third kappa shape index (κ3) is 3.24. The molecule has 1 aromatic heterocycles. The number of rotatable bonds is 4. The van der Waals surface area contributed by atoms with Gasteiger partial charge in [0.15, 0.2) is 5.82 Å². The third-order valence-electron chi connectivity index (χ3n) is 5.02. The molecular weight excluding hydrogens is 366 g/mol. The van der Waals surface area contributed by atoms with Crippen LogP contribution in [0.5, 0.6) is 5.75 Å². The van der Waals surface area contributed by atoms with E-state index < -0.39 is 0 Å². The fourth-order valence-corrected chi connectivity index (χ4v) is 3.52. The molecule has 0 fully saturated rings. The first-order chi connectivity index (χ1) is 14.0. The fourth-order valence-electron chi connectivity index (χ4n) is 3.52.